The van der Waals surface area contributed by atoms with E-state index in [9.17, 15) is 4.79 Å². The van der Waals surface area contributed by atoms with Crippen LogP contribution < -0.4 is 0 Å². The SMILES string of the molecule is O=C(CCc1cc(Cl)ccc1-n1cnnn1)c1cnn(Cc2cn3cc(C4CC4)ccc3n2)c1. The van der Waals surface area contributed by atoms with E-state index in [0.29, 0.717) is 35.9 Å². The molecule has 0 N–H and O–H groups in total. The number of aryl methyl sites for hydroxylation is 1. The van der Waals surface area contributed by atoms with Crippen molar-refractivity contribution in [3.05, 3.63) is 88.9 Å². The van der Waals surface area contributed by atoms with Crippen LogP contribution >= 0.6 is 11.6 Å². The molecule has 0 bridgehead atoms. The van der Waals surface area contributed by atoms with Crippen LogP contribution in [0.3, 0.4) is 0 Å². The van der Waals surface area contributed by atoms with Crippen LogP contribution in [0.25, 0.3) is 11.3 Å². The summed E-state index contributed by atoms with van der Waals surface area (Å²) in [4.78, 5) is 17.5. The lowest BCUT2D eigenvalue weighted by Crippen LogP contribution is -2.05. The highest BCUT2D eigenvalue weighted by Gasteiger charge is 2.23. The van der Waals surface area contributed by atoms with Crippen molar-refractivity contribution in [1.82, 2.24) is 39.4 Å². The van der Waals surface area contributed by atoms with Crippen molar-refractivity contribution in [2.24, 2.45) is 0 Å². The predicted molar refractivity (Wildman–Crippen MR) is 125 cm³/mol. The van der Waals surface area contributed by atoms with E-state index in [2.05, 4.69) is 48.3 Å². The maximum Gasteiger partial charge on any atom is 0.166 e. The molecular formula is C24H21ClN8O. The van der Waals surface area contributed by atoms with Gasteiger partial charge in [0.15, 0.2) is 5.78 Å². The van der Waals surface area contributed by atoms with E-state index in [1.165, 1.54) is 24.7 Å². The molecule has 4 aromatic heterocycles. The fourth-order valence-electron chi connectivity index (χ4n) is 4.20. The summed E-state index contributed by atoms with van der Waals surface area (Å²) in [6.07, 6.45) is 12.5. The Kier molecular flexibility index (Phi) is 5.18. The van der Waals surface area contributed by atoms with Gasteiger partial charge < -0.3 is 4.40 Å². The van der Waals surface area contributed by atoms with E-state index < -0.39 is 0 Å². The Balaban J connectivity index is 1.14. The molecular weight excluding hydrogens is 452 g/mol. The van der Waals surface area contributed by atoms with Crippen LogP contribution in [-0.2, 0) is 13.0 Å². The number of carbonyl (C=O) groups excluding carboxylic acids is 1. The fraction of sp³-hybridized carbons (Fsp3) is 0.250. The Morgan fingerprint density at radius 1 is 1.12 bits per heavy atom. The molecule has 0 radical (unpaired) electrons. The molecule has 9 nitrogen and oxygen atoms in total. The number of imidazole rings is 1. The molecule has 1 aliphatic rings. The van der Waals surface area contributed by atoms with Gasteiger partial charge in [0.05, 0.1) is 29.7 Å². The molecule has 5 aromatic rings. The number of carbonyl (C=O) groups is 1. The van der Waals surface area contributed by atoms with Gasteiger partial charge in [-0.15, -0.1) is 5.10 Å². The number of halogens is 1. The molecule has 34 heavy (non-hydrogen) atoms. The fourth-order valence-corrected chi connectivity index (χ4v) is 4.39. The summed E-state index contributed by atoms with van der Waals surface area (Å²) >= 11 is 6.18. The molecule has 1 fully saturated rings. The van der Waals surface area contributed by atoms with Crippen molar-refractivity contribution in [2.45, 2.75) is 38.1 Å². The van der Waals surface area contributed by atoms with Gasteiger partial charge in [-0.05, 0) is 71.0 Å². The average Bonchev–Trinajstić information content (AvgIpc) is 3.21. The summed E-state index contributed by atoms with van der Waals surface area (Å²) in [5.41, 5.74) is 5.46. The standard InChI is InChI=1S/C24H21ClN8O/c25-20-5-6-22(33-15-26-29-30-33)17(9-20)3-7-23(34)19-10-27-32(12-19)14-21-13-31-11-18(16-1-2-16)4-8-24(31)28-21/h4-6,8-13,15-16H,1-3,7,14H2. The lowest BCUT2D eigenvalue weighted by Gasteiger charge is -2.08. The van der Waals surface area contributed by atoms with Crippen LogP contribution in [0.1, 0.15) is 52.4 Å². The van der Waals surface area contributed by atoms with Gasteiger partial charge in [0.25, 0.3) is 0 Å². The number of hydrogen-bond donors (Lipinski definition) is 0. The van der Waals surface area contributed by atoms with Gasteiger partial charge in [-0.2, -0.15) is 5.10 Å². The van der Waals surface area contributed by atoms with E-state index >= 15 is 0 Å². The van der Waals surface area contributed by atoms with Gasteiger partial charge in [0.1, 0.15) is 12.0 Å². The number of Topliss-reactive ketones (excluding diaryl/α,β-unsaturated/α-hetero) is 1. The second-order valence-electron chi connectivity index (χ2n) is 8.61. The molecule has 10 heteroatoms. The number of benzene rings is 1. The number of fused-ring (bicyclic) bond motifs is 1. The highest BCUT2D eigenvalue weighted by molar-refractivity contribution is 6.30. The highest BCUT2D eigenvalue weighted by Crippen LogP contribution is 2.39. The number of tetrazole rings is 1. The van der Waals surface area contributed by atoms with Crippen molar-refractivity contribution in [3.8, 4) is 5.69 Å². The minimum absolute atomic E-state index is 0.0120. The van der Waals surface area contributed by atoms with Gasteiger partial charge in [0, 0.05) is 30.0 Å². The molecule has 0 amide bonds. The van der Waals surface area contributed by atoms with Crippen molar-refractivity contribution in [1.29, 1.82) is 0 Å². The van der Waals surface area contributed by atoms with Crippen LogP contribution in [-0.4, -0.2) is 45.2 Å². The summed E-state index contributed by atoms with van der Waals surface area (Å²) in [6, 6.07) is 9.69. The van der Waals surface area contributed by atoms with Crippen LogP contribution in [0.4, 0.5) is 0 Å². The molecule has 6 rings (SSSR count). The molecule has 0 atom stereocenters. The van der Waals surface area contributed by atoms with Crippen molar-refractivity contribution in [3.63, 3.8) is 0 Å². The minimum atomic E-state index is 0.0120. The van der Waals surface area contributed by atoms with Crippen LogP contribution in [0.5, 0.6) is 0 Å². The first-order valence-electron chi connectivity index (χ1n) is 11.2. The largest absolute Gasteiger partial charge is 0.306 e. The summed E-state index contributed by atoms with van der Waals surface area (Å²) in [7, 11) is 0. The molecule has 4 heterocycles. The third-order valence-electron chi connectivity index (χ3n) is 6.11. The first kappa shape index (κ1) is 20.7. The maximum atomic E-state index is 12.9. The van der Waals surface area contributed by atoms with Crippen LogP contribution in [0, 0.1) is 0 Å². The zero-order valence-corrected chi connectivity index (χ0v) is 19.0. The molecule has 170 valence electrons. The first-order valence-corrected chi connectivity index (χ1v) is 11.6. The summed E-state index contributed by atoms with van der Waals surface area (Å²) in [5, 5.41) is 16.3. The maximum absolute atomic E-state index is 12.9. The molecule has 0 spiro atoms. The normalized spacial score (nSPS) is 13.6. The number of ketones is 1. The molecule has 1 saturated carbocycles. The Bertz CT molecular complexity index is 1480. The van der Waals surface area contributed by atoms with Crippen LogP contribution in [0.2, 0.25) is 5.02 Å². The molecule has 0 aliphatic heterocycles. The van der Waals surface area contributed by atoms with Crippen molar-refractivity contribution < 1.29 is 4.79 Å². The number of hydrogen-bond acceptors (Lipinski definition) is 6. The van der Waals surface area contributed by atoms with Gasteiger partial charge in [0.2, 0.25) is 0 Å². The Hall–Kier alpha value is -3.85. The van der Waals surface area contributed by atoms with E-state index in [-0.39, 0.29) is 5.78 Å². The number of rotatable bonds is 8. The summed E-state index contributed by atoms with van der Waals surface area (Å²) in [6.45, 7) is 0.505. The third kappa shape index (κ3) is 4.22. The average molecular weight is 473 g/mol. The quantitative estimate of drug-likeness (QED) is 0.318. The van der Waals surface area contributed by atoms with Crippen molar-refractivity contribution >= 4 is 23.0 Å². The Labute approximate surface area is 200 Å². The Morgan fingerprint density at radius 2 is 2.03 bits per heavy atom. The van der Waals surface area contributed by atoms with E-state index in [4.69, 9.17) is 11.6 Å². The third-order valence-corrected chi connectivity index (χ3v) is 6.35. The summed E-state index contributed by atoms with van der Waals surface area (Å²) in [5.74, 6) is 0.712. The minimum Gasteiger partial charge on any atom is -0.306 e. The Morgan fingerprint density at radius 3 is 2.85 bits per heavy atom. The molecule has 0 saturated heterocycles. The van der Waals surface area contributed by atoms with Crippen LogP contribution in [0.15, 0.2) is 61.4 Å². The summed E-state index contributed by atoms with van der Waals surface area (Å²) < 4.78 is 5.39. The monoisotopic (exact) mass is 472 g/mol. The van der Waals surface area contributed by atoms with Gasteiger partial charge >= 0.3 is 0 Å². The highest BCUT2D eigenvalue weighted by atomic mass is 35.5. The van der Waals surface area contributed by atoms with Gasteiger partial charge in [-0.25, -0.2) is 9.67 Å². The van der Waals surface area contributed by atoms with Crippen molar-refractivity contribution in [2.75, 3.05) is 0 Å². The number of nitrogens with zero attached hydrogens (tertiary/aromatic N) is 8. The molecule has 0 unspecified atom stereocenters. The van der Waals surface area contributed by atoms with E-state index in [1.807, 2.05) is 18.3 Å². The number of aromatic nitrogens is 8. The predicted octanol–water partition coefficient (Wildman–Crippen LogP) is 3.90. The lowest BCUT2D eigenvalue weighted by atomic mass is 10.0. The van der Waals surface area contributed by atoms with E-state index in [0.717, 1.165) is 22.6 Å². The second-order valence-corrected chi connectivity index (χ2v) is 9.05. The number of pyridine rings is 1. The second kappa shape index (κ2) is 8.49. The zero-order chi connectivity index (χ0) is 23.1. The zero-order valence-electron chi connectivity index (χ0n) is 18.3. The molecule has 1 aliphatic carbocycles. The molecule has 1 aromatic carbocycles. The smallest absolute Gasteiger partial charge is 0.166 e. The lowest BCUT2D eigenvalue weighted by molar-refractivity contribution is 0.0982. The topological polar surface area (TPSA) is 95.8 Å². The van der Waals surface area contributed by atoms with Gasteiger partial charge in [-0.1, -0.05) is 17.7 Å². The first-order chi connectivity index (χ1) is 16.6. The van der Waals surface area contributed by atoms with Gasteiger partial charge in [-0.3, -0.25) is 9.48 Å². The van der Waals surface area contributed by atoms with E-state index in [1.54, 1.807) is 27.8 Å².